The Morgan fingerprint density at radius 3 is 2.61 bits per heavy atom. The van der Waals surface area contributed by atoms with Crippen LogP contribution >= 0.6 is 0 Å². The maximum Gasteiger partial charge on any atom is 0.332 e. The number of aromatic hydroxyl groups is 1. The average Bonchev–Trinajstić information content (AvgIpc) is 2.32. The summed E-state index contributed by atoms with van der Waals surface area (Å²) in [5.74, 6) is -1.59. The maximum atomic E-state index is 11.6. The van der Waals surface area contributed by atoms with Crippen LogP contribution in [0.3, 0.4) is 0 Å². The van der Waals surface area contributed by atoms with E-state index in [1.54, 1.807) is 6.92 Å². The van der Waals surface area contributed by atoms with Crippen molar-refractivity contribution in [3.63, 3.8) is 0 Å². The minimum absolute atomic E-state index is 0.0574. The molecule has 1 rings (SSSR count). The zero-order chi connectivity index (χ0) is 13.7. The molecule has 0 aliphatic heterocycles. The molecule has 6 nitrogen and oxygen atoms in total. The molecule has 0 bridgehead atoms. The molecule has 0 saturated heterocycles. The third-order valence-corrected chi connectivity index (χ3v) is 2.45. The molecule has 98 valence electrons. The standard InChI is InChI=1S/C12H15NO5/c1-7-6-8(2-3-9(7)14)11(16)13-5-4-10(15)12(17)18/h2-3,6,10,14-15H,4-5H2,1H3,(H,13,16)(H,17,18)/t10-/m0/s1. The normalized spacial score (nSPS) is 11.9. The second kappa shape index (κ2) is 6.02. The van der Waals surface area contributed by atoms with Gasteiger partial charge in [0, 0.05) is 18.5 Å². The van der Waals surface area contributed by atoms with E-state index in [0.717, 1.165) is 0 Å². The predicted octanol–water partition coefficient (Wildman–Crippen LogP) is 0.266. The number of benzene rings is 1. The second-order valence-corrected chi connectivity index (χ2v) is 3.90. The number of phenols is 1. The molecular weight excluding hydrogens is 238 g/mol. The minimum Gasteiger partial charge on any atom is -0.508 e. The summed E-state index contributed by atoms with van der Waals surface area (Å²) >= 11 is 0. The SMILES string of the molecule is Cc1cc(C(=O)NCC[C@H](O)C(=O)O)ccc1O. The summed E-state index contributed by atoms with van der Waals surface area (Å²) in [5.41, 5.74) is 0.948. The van der Waals surface area contributed by atoms with Gasteiger partial charge in [0.25, 0.3) is 5.91 Å². The Labute approximate surface area is 104 Å². The molecule has 0 heterocycles. The number of aliphatic carboxylic acids is 1. The molecule has 0 radical (unpaired) electrons. The monoisotopic (exact) mass is 253 g/mol. The highest BCUT2D eigenvalue weighted by Gasteiger charge is 2.13. The molecule has 0 aliphatic rings. The fraction of sp³-hybridized carbons (Fsp3) is 0.333. The van der Waals surface area contributed by atoms with Crippen molar-refractivity contribution < 1.29 is 24.9 Å². The summed E-state index contributed by atoms with van der Waals surface area (Å²) in [5, 5.41) is 29.2. The molecule has 1 aromatic carbocycles. The van der Waals surface area contributed by atoms with Crippen molar-refractivity contribution in [3.8, 4) is 5.75 Å². The van der Waals surface area contributed by atoms with Crippen LogP contribution in [-0.2, 0) is 4.79 Å². The molecule has 0 spiro atoms. The summed E-state index contributed by atoms with van der Waals surface area (Å²) in [7, 11) is 0. The maximum absolute atomic E-state index is 11.6. The van der Waals surface area contributed by atoms with E-state index in [0.29, 0.717) is 11.1 Å². The number of carboxylic acid groups (broad SMARTS) is 1. The lowest BCUT2D eigenvalue weighted by molar-refractivity contribution is -0.146. The first-order chi connectivity index (χ1) is 8.41. The molecule has 0 aliphatic carbocycles. The van der Waals surface area contributed by atoms with Gasteiger partial charge >= 0.3 is 5.97 Å². The Morgan fingerprint density at radius 1 is 1.39 bits per heavy atom. The van der Waals surface area contributed by atoms with Gasteiger partial charge in [-0.1, -0.05) is 0 Å². The Bertz CT molecular complexity index is 458. The van der Waals surface area contributed by atoms with E-state index in [1.807, 2.05) is 0 Å². The van der Waals surface area contributed by atoms with Crippen LogP contribution in [0.4, 0.5) is 0 Å². The number of phenolic OH excluding ortho intramolecular Hbond substituents is 1. The van der Waals surface area contributed by atoms with Gasteiger partial charge in [0.1, 0.15) is 5.75 Å². The summed E-state index contributed by atoms with van der Waals surface area (Å²) in [6.07, 6.45) is -1.54. The van der Waals surface area contributed by atoms with Crippen LogP contribution in [0.25, 0.3) is 0 Å². The van der Waals surface area contributed by atoms with Crippen molar-refractivity contribution in [2.45, 2.75) is 19.4 Å². The van der Waals surface area contributed by atoms with Gasteiger partial charge in [-0.3, -0.25) is 4.79 Å². The largest absolute Gasteiger partial charge is 0.508 e. The molecule has 1 amide bonds. The van der Waals surface area contributed by atoms with Crippen molar-refractivity contribution in [1.82, 2.24) is 5.32 Å². The van der Waals surface area contributed by atoms with E-state index in [-0.39, 0.29) is 24.6 Å². The number of amides is 1. The van der Waals surface area contributed by atoms with Crippen molar-refractivity contribution >= 4 is 11.9 Å². The lowest BCUT2D eigenvalue weighted by Gasteiger charge is -2.08. The first-order valence-corrected chi connectivity index (χ1v) is 5.40. The molecule has 18 heavy (non-hydrogen) atoms. The number of rotatable bonds is 5. The number of carboxylic acids is 1. The highest BCUT2D eigenvalue weighted by Crippen LogP contribution is 2.16. The van der Waals surface area contributed by atoms with E-state index in [1.165, 1.54) is 18.2 Å². The highest BCUT2D eigenvalue weighted by molar-refractivity contribution is 5.94. The van der Waals surface area contributed by atoms with E-state index >= 15 is 0 Å². The zero-order valence-electron chi connectivity index (χ0n) is 9.88. The van der Waals surface area contributed by atoms with Crippen molar-refractivity contribution in [2.24, 2.45) is 0 Å². The third-order valence-electron chi connectivity index (χ3n) is 2.45. The number of carbonyl (C=O) groups is 2. The van der Waals surface area contributed by atoms with Crippen LogP contribution in [0.15, 0.2) is 18.2 Å². The predicted molar refractivity (Wildman–Crippen MR) is 63.4 cm³/mol. The van der Waals surface area contributed by atoms with E-state index in [9.17, 15) is 14.7 Å². The van der Waals surface area contributed by atoms with Crippen LogP contribution in [0.2, 0.25) is 0 Å². The van der Waals surface area contributed by atoms with Gasteiger partial charge in [0.05, 0.1) is 0 Å². The Hall–Kier alpha value is -2.08. The Morgan fingerprint density at radius 2 is 2.06 bits per heavy atom. The van der Waals surface area contributed by atoms with Crippen LogP contribution in [-0.4, -0.2) is 39.8 Å². The number of aliphatic hydroxyl groups is 1. The zero-order valence-corrected chi connectivity index (χ0v) is 9.88. The van der Waals surface area contributed by atoms with E-state index in [4.69, 9.17) is 10.2 Å². The fourth-order valence-corrected chi connectivity index (χ4v) is 1.34. The van der Waals surface area contributed by atoms with Gasteiger partial charge in [-0.2, -0.15) is 0 Å². The second-order valence-electron chi connectivity index (χ2n) is 3.90. The van der Waals surface area contributed by atoms with Crippen LogP contribution < -0.4 is 5.32 Å². The fourth-order valence-electron chi connectivity index (χ4n) is 1.34. The number of hydrogen-bond donors (Lipinski definition) is 4. The minimum atomic E-state index is -1.48. The van der Waals surface area contributed by atoms with Gasteiger partial charge < -0.3 is 20.6 Å². The third kappa shape index (κ3) is 3.74. The quantitative estimate of drug-likeness (QED) is 0.602. The molecule has 4 N–H and O–H groups in total. The topological polar surface area (TPSA) is 107 Å². The number of carbonyl (C=O) groups excluding carboxylic acids is 1. The molecule has 0 fully saturated rings. The number of nitrogens with one attached hydrogen (secondary N) is 1. The summed E-state index contributed by atoms with van der Waals surface area (Å²) in [4.78, 5) is 22.0. The molecule has 0 saturated carbocycles. The number of aliphatic hydroxyl groups excluding tert-OH is 1. The van der Waals surface area contributed by atoms with Gasteiger partial charge in [0.15, 0.2) is 6.10 Å². The average molecular weight is 253 g/mol. The molecule has 0 aromatic heterocycles. The summed E-state index contributed by atoms with van der Waals surface area (Å²) in [6, 6.07) is 4.40. The van der Waals surface area contributed by atoms with Crippen molar-refractivity contribution in [3.05, 3.63) is 29.3 Å². The lowest BCUT2D eigenvalue weighted by atomic mass is 10.1. The van der Waals surface area contributed by atoms with Gasteiger partial charge in [0.2, 0.25) is 0 Å². The first-order valence-electron chi connectivity index (χ1n) is 5.40. The Kier molecular flexibility index (Phi) is 4.67. The van der Waals surface area contributed by atoms with Crippen LogP contribution in [0, 0.1) is 6.92 Å². The van der Waals surface area contributed by atoms with Crippen molar-refractivity contribution in [1.29, 1.82) is 0 Å². The van der Waals surface area contributed by atoms with Gasteiger partial charge in [-0.25, -0.2) is 4.79 Å². The van der Waals surface area contributed by atoms with Crippen LogP contribution in [0.1, 0.15) is 22.3 Å². The molecule has 1 aromatic rings. The van der Waals surface area contributed by atoms with E-state index < -0.39 is 12.1 Å². The summed E-state index contributed by atoms with van der Waals surface area (Å²) < 4.78 is 0. The first kappa shape index (κ1) is 14.0. The molecular formula is C12H15NO5. The van der Waals surface area contributed by atoms with E-state index in [2.05, 4.69) is 5.32 Å². The van der Waals surface area contributed by atoms with Crippen LogP contribution in [0.5, 0.6) is 5.75 Å². The van der Waals surface area contributed by atoms with Gasteiger partial charge in [-0.05, 0) is 30.7 Å². The number of hydrogen-bond acceptors (Lipinski definition) is 4. The number of aryl methyl sites for hydroxylation is 1. The Balaban J connectivity index is 2.50. The van der Waals surface area contributed by atoms with Gasteiger partial charge in [-0.15, -0.1) is 0 Å². The smallest absolute Gasteiger partial charge is 0.332 e. The summed E-state index contributed by atoms with van der Waals surface area (Å²) in [6.45, 7) is 1.73. The lowest BCUT2D eigenvalue weighted by Crippen LogP contribution is -2.30. The van der Waals surface area contributed by atoms with Crippen molar-refractivity contribution in [2.75, 3.05) is 6.54 Å². The molecule has 6 heteroatoms. The molecule has 0 unspecified atom stereocenters. The molecule has 1 atom stereocenters. The highest BCUT2D eigenvalue weighted by atomic mass is 16.4.